The molecule has 8 heteroatoms. The minimum atomic E-state index is 0.0841. The van der Waals surface area contributed by atoms with Crippen molar-refractivity contribution in [3.05, 3.63) is 36.3 Å². The molecule has 1 N–H and O–H groups in total. The topological polar surface area (TPSA) is 71.3 Å². The molecule has 0 aliphatic rings. The van der Waals surface area contributed by atoms with Crippen molar-refractivity contribution >= 4 is 34.1 Å². The lowest BCUT2D eigenvalue weighted by atomic mass is 10.3. The van der Waals surface area contributed by atoms with Crippen LogP contribution in [0.4, 0.5) is 5.13 Å². The third-order valence-electron chi connectivity index (χ3n) is 2.91. The number of hydrogen-bond acceptors (Lipinski definition) is 7. The molecule has 0 saturated carbocycles. The molecule has 0 fully saturated rings. The average Bonchev–Trinajstić information content (AvgIpc) is 3.19. The number of amides is 1. The first-order valence-corrected chi connectivity index (χ1v) is 9.03. The molecular formula is C15H20N4O2S2. The van der Waals surface area contributed by atoms with Gasteiger partial charge in [0.15, 0.2) is 4.34 Å². The summed E-state index contributed by atoms with van der Waals surface area (Å²) in [4.78, 5) is 13.9. The standard InChI is InChI=1S/C15H20N4O2S2/c1-4-19(9-11(2)3)13(20)10-22-15-18-17-14(23-15)16-8-12-6-5-7-21-12/h5-7H,2,4,8-10H2,1,3H3,(H,16,17). The van der Waals surface area contributed by atoms with Gasteiger partial charge < -0.3 is 14.6 Å². The molecule has 0 spiro atoms. The minimum Gasteiger partial charge on any atom is -0.467 e. The molecule has 2 aromatic heterocycles. The van der Waals surface area contributed by atoms with Crippen LogP contribution in [0, 0.1) is 0 Å². The summed E-state index contributed by atoms with van der Waals surface area (Å²) in [6, 6.07) is 3.73. The van der Waals surface area contributed by atoms with Gasteiger partial charge in [0.25, 0.3) is 0 Å². The van der Waals surface area contributed by atoms with Crippen molar-refractivity contribution in [1.82, 2.24) is 15.1 Å². The Kier molecular flexibility index (Phi) is 6.66. The van der Waals surface area contributed by atoms with Gasteiger partial charge in [0.1, 0.15) is 5.76 Å². The number of carbonyl (C=O) groups is 1. The number of hydrogen-bond donors (Lipinski definition) is 1. The van der Waals surface area contributed by atoms with Crippen molar-refractivity contribution in [3.8, 4) is 0 Å². The third kappa shape index (κ3) is 5.72. The van der Waals surface area contributed by atoms with Gasteiger partial charge in [-0.2, -0.15) is 0 Å². The molecule has 124 valence electrons. The van der Waals surface area contributed by atoms with Crippen LogP contribution in [-0.4, -0.2) is 39.8 Å². The van der Waals surface area contributed by atoms with E-state index in [-0.39, 0.29) is 5.91 Å². The number of rotatable bonds is 9. The molecule has 6 nitrogen and oxygen atoms in total. The maximum absolute atomic E-state index is 12.2. The van der Waals surface area contributed by atoms with Gasteiger partial charge in [-0.05, 0) is 26.0 Å². The first kappa shape index (κ1) is 17.6. The third-order valence-corrected chi connectivity index (χ3v) is 4.91. The highest BCUT2D eigenvalue weighted by Gasteiger charge is 2.14. The van der Waals surface area contributed by atoms with E-state index < -0.39 is 0 Å². The van der Waals surface area contributed by atoms with Crippen molar-refractivity contribution in [2.75, 3.05) is 24.2 Å². The summed E-state index contributed by atoms with van der Waals surface area (Å²) < 4.78 is 6.01. The zero-order valence-electron chi connectivity index (χ0n) is 13.2. The van der Waals surface area contributed by atoms with Gasteiger partial charge in [0, 0.05) is 13.1 Å². The summed E-state index contributed by atoms with van der Waals surface area (Å²) >= 11 is 2.83. The molecule has 0 aliphatic carbocycles. The second-order valence-electron chi connectivity index (χ2n) is 4.96. The molecule has 0 aromatic carbocycles. The summed E-state index contributed by atoms with van der Waals surface area (Å²) in [6.07, 6.45) is 1.63. The number of aromatic nitrogens is 2. The van der Waals surface area contributed by atoms with Crippen LogP contribution in [0.25, 0.3) is 0 Å². The van der Waals surface area contributed by atoms with E-state index in [1.165, 1.54) is 23.1 Å². The summed E-state index contributed by atoms with van der Waals surface area (Å²) in [7, 11) is 0. The van der Waals surface area contributed by atoms with Crippen LogP contribution >= 0.6 is 23.1 Å². The summed E-state index contributed by atoms with van der Waals surface area (Å²) in [6.45, 7) is 9.58. The van der Waals surface area contributed by atoms with Gasteiger partial charge in [-0.15, -0.1) is 10.2 Å². The highest BCUT2D eigenvalue weighted by molar-refractivity contribution is 8.01. The highest BCUT2D eigenvalue weighted by atomic mass is 32.2. The molecule has 0 atom stereocenters. The summed E-state index contributed by atoms with van der Waals surface area (Å²) in [5.41, 5.74) is 0.977. The molecule has 0 saturated heterocycles. The van der Waals surface area contributed by atoms with E-state index >= 15 is 0 Å². The number of nitrogens with one attached hydrogen (secondary N) is 1. The van der Waals surface area contributed by atoms with Gasteiger partial charge >= 0.3 is 0 Å². The Labute approximate surface area is 144 Å². The van der Waals surface area contributed by atoms with E-state index in [1.807, 2.05) is 26.0 Å². The summed E-state index contributed by atoms with van der Waals surface area (Å²) in [5.74, 6) is 1.28. The predicted octanol–water partition coefficient (Wildman–Crippen LogP) is 3.26. The Hall–Kier alpha value is -1.80. The van der Waals surface area contributed by atoms with Gasteiger partial charge in [-0.3, -0.25) is 4.79 Å². The largest absolute Gasteiger partial charge is 0.467 e. The van der Waals surface area contributed by atoms with E-state index in [9.17, 15) is 4.79 Å². The molecule has 23 heavy (non-hydrogen) atoms. The molecule has 0 bridgehead atoms. The summed E-state index contributed by atoms with van der Waals surface area (Å²) in [5, 5.41) is 12.0. The Morgan fingerprint density at radius 1 is 1.52 bits per heavy atom. The van der Waals surface area contributed by atoms with Crippen molar-refractivity contribution in [3.63, 3.8) is 0 Å². The van der Waals surface area contributed by atoms with Gasteiger partial charge in [0.05, 0.1) is 18.6 Å². The molecule has 0 aliphatic heterocycles. The highest BCUT2D eigenvalue weighted by Crippen LogP contribution is 2.26. The SMILES string of the molecule is C=C(C)CN(CC)C(=O)CSc1nnc(NCc2ccco2)s1. The first-order valence-electron chi connectivity index (χ1n) is 7.23. The predicted molar refractivity (Wildman–Crippen MR) is 93.7 cm³/mol. The average molecular weight is 352 g/mol. The molecule has 1 amide bonds. The second-order valence-corrected chi connectivity index (χ2v) is 7.16. The van der Waals surface area contributed by atoms with Crippen LogP contribution in [-0.2, 0) is 11.3 Å². The monoisotopic (exact) mass is 352 g/mol. The number of likely N-dealkylation sites (N-methyl/N-ethyl adjacent to an activating group) is 1. The molecule has 2 heterocycles. The molecule has 0 unspecified atom stereocenters. The number of nitrogens with zero attached hydrogens (tertiary/aromatic N) is 3. The fraction of sp³-hybridized carbons (Fsp3) is 0.400. The Balaban J connectivity index is 1.79. The minimum absolute atomic E-state index is 0.0841. The molecular weight excluding hydrogens is 332 g/mol. The lowest BCUT2D eigenvalue weighted by molar-refractivity contribution is -0.127. The van der Waals surface area contributed by atoms with Crippen LogP contribution in [0.2, 0.25) is 0 Å². The van der Waals surface area contributed by atoms with E-state index in [1.54, 1.807) is 11.2 Å². The molecule has 2 aromatic rings. The van der Waals surface area contributed by atoms with Crippen molar-refractivity contribution in [2.45, 2.75) is 24.7 Å². The maximum atomic E-state index is 12.2. The van der Waals surface area contributed by atoms with Crippen LogP contribution in [0.1, 0.15) is 19.6 Å². The van der Waals surface area contributed by atoms with E-state index in [4.69, 9.17) is 4.42 Å². The Bertz CT molecular complexity index is 640. The zero-order valence-corrected chi connectivity index (χ0v) is 14.9. The molecule has 0 radical (unpaired) electrons. The fourth-order valence-electron chi connectivity index (χ4n) is 1.83. The Morgan fingerprint density at radius 3 is 3.00 bits per heavy atom. The molecule has 2 rings (SSSR count). The zero-order chi connectivity index (χ0) is 16.7. The number of carbonyl (C=O) groups excluding carboxylic acids is 1. The van der Waals surface area contributed by atoms with Crippen molar-refractivity contribution < 1.29 is 9.21 Å². The van der Waals surface area contributed by atoms with E-state index in [2.05, 4.69) is 22.1 Å². The van der Waals surface area contributed by atoms with Gasteiger partial charge in [-0.25, -0.2) is 0 Å². The Morgan fingerprint density at radius 2 is 2.35 bits per heavy atom. The normalized spacial score (nSPS) is 10.5. The second kappa shape index (κ2) is 8.73. The quantitative estimate of drug-likeness (QED) is 0.552. The fourth-order valence-corrected chi connectivity index (χ4v) is 3.48. The number of thioether (sulfide) groups is 1. The van der Waals surface area contributed by atoms with E-state index in [0.717, 1.165) is 15.7 Å². The number of furan rings is 1. The van der Waals surface area contributed by atoms with Crippen LogP contribution in [0.3, 0.4) is 0 Å². The van der Waals surface area contributed by atoms with Gasteiger partial charge in [0.2, 0.25) is 11.0 Å². The van der Waals surface area contributed by atoms with Crippen molar-refractivity contribution in [2.24, 2.45) is 0 Å². The van der Waals surface area contributed by atoms with Gasteiger partial charge in [-0.1, -0.05) is 35.3 Å². The van der Waals surface area contributed by atoms with Crippen LogP contribution in [0.5, 0.6) is 0 Å². The number of anilines is 1. The van der Waals surface area contributed by atoms with Crippen LogP contribution < -0.4 is 5.32 Å². The maximum Gasteiger partial charge on any atom is 0.233 e. The smallest absolute Gasteiger partial charge is 0.233 e. The van der Waals surface area contributed by atoms with E-state index in [0.29, 0.717) is 30.5 Å². The lowest BCUT2D eigenvalue weighted by Gasteiger charge is -2.20. The first-order chi connectivity index (χ1) is 11.1. The van der Waals surface area contributed by atoms with Crippen molar-refractivity contribution in [1.29, 1.82) is 0 Å². The lowest BCUT2D eigenvalue weighted by Crippen LogP contribution is -2.33. The van der Waals surface area contributed by atoms with Crippen LogP contribution in [0.15, 0.2) is 39.3 Å².